The average Bonchev–Trinajstić information content (AvgIpc) is 2.35. The molecule has 20 heavy (non-hydrogen) atoms. The molecule has 0 aliphatic rings. The van der Waals surface area contributed by atoms with E-state index in [2.05, 4.69) is 81.3 Å². The van der Waals surface area contributed by atoms with Crippen LogP contribution in [0.5, 0.6) is 0 Å². The van der Waals surface area contributed by atoms with E-state index in [-0.39, 0.29) is 5.54 Å². The van der Waals surface area contributed by atoms with Crippen LogP contribution in [0.3, 0.4) is 0 Å². The smallest absolute Gasteiger partial charge is 0.0363 e. The van der Waals surface area contributed by atoms with Gasteiger partial charge in [0.15, 0.2) is 0 Å². The van der Waals surface area contributed by atoms with E-state index < -0.39 is 0 Å². The molecule has 114 valence electrons. The van der Waals surface area contributed by atoms with Gasteiger partial charge in [0.25, 0.3) is 0 Å². The summed E-state index contributed by atoms with van der Waals surface area (Å²) in [4.78, 5) is 4.56. The van der Waals surface area contributed by atoms with Crippen LogP contribution in [0.1, 0.15) is 32.8 Å². The second-order valence-electron chi connectivity index (χ2n) is 6.85. The third kappa shape index (κ3) is 6.92. The quantitative estimate of drug-likeness (QED) is 0.826. The van der Waals surface area contributed by atoms with Crippen LogP contribution in [0.25, 0.3) is 0 Å². The number of hydrogen-bond donors (Lipinski definition) is 1. The number of benzene rings is 1. The van der Waals surface area contributed by atoms with Crippen LogP contribution >= 0.6 is 0 Å². The molecule has 3 nitrogen and oxygen atoms in total. The standard InChI is InChI=1S/C17H31N3/c1-17(2,3)18-14-15-8-10-16(11-9-15)20(6)13-7-12-19(4)5/h8-11,18H,7,12-14H2,1-6H3. The van der Waals surface area contributed by atoms with Crippen molar-refractivity contribution in [2.45, 2.75) is 39.3 Å². The van der Waals surface area contributed by atoms with Crippen LogP contribution in [-0.2, 0) is 6.54 Å². The maximum atomic E-state index is 3.51. The van der Waals surface area contributed by atoms with Crippen LogP contribution in [0.4, 0.5) is 5.69 Å². The summed E-state index contributed by atoms with van der Waals surface area (Å²) < 4.78 is 0. The van der Waals surface area contributed by atoms with Gasteiger partial charge in [-0.05, 0) is 65.5 Å². The van der Waals surface area contributed by atoms with Gasteiger partial charge < -0.3 is 15.1 Å². The molecular formula is C17H31N3. The molecule has 0 unspecified atom stereocenters. The molecule has 1 rings (SSSR count). The van der Waals surface area contributed by atoms with Gasteiger partial charge in [0.2, 0.25) is 0 Å². The number of nitrogens with zero attached hydrogens (tertiary/aromatic N) is 2. The molecule has 0 heterocycles. The molecule has 0 amide bonds. The summed E-state index contributed by atoms with van der Waals surface area (Å²) in [5.74, 6) is 0. The summed E-state index contributed by atoms with van der Waals surface area (Å²) in [6, 6.07) is 8.87. The number of hydrogen-bond acceptors (Lipinski definition) is 3. The molecule has 0 spiro atoms. The summed E-state index contributed by atoms with van der Waals surface area (Å²) in [5.41, 5.74) is 2.80. The van der Waals surface area contributed by atoms with Gasteiger partial charge in [0, 0.05) is 31.4 Å². The predicted molar refractivity (Wildman–Crippen MR) is 89.5 cm³/mol. The Morgan fingerprint density at radius 3 is 2.05 bits per heavy atom. The third-order valence-corrected chi connectivity index (χ3v) is 3.30. The summed E-state index contributed by atoms with van der Waals surface area (Å²) in [5, 5.41) is 3.51. The fourth-order valence-electron chi connectivity index (χ4n) is 1.99. The Morgan fingerprint density at radius 1 is 0.950 bits per heavy atom. The topological polar surface area (TPSA) is 18.5 Å². The molecule has 0 aromatic heterocycles. The molecule has 3 heteroatoms. The van der Waals surface area contributed by atoms with E-state index in [0.717, 1.165) is 19.6 Å². The minimum atomic E-state index is 0.168. The lowest BCUT2D eigenvalue weighted by atomic mass is 10.1. The Morgan fingerprint density at radius 2 is 1.55 bits per heavy atom. The van der Waals surface area contributed by atoms with Crippen LogP contribution in [-0.4, -0.2) is 44.7 Å². The molecule has 1 N–H and O–H groups in total. The molecule has 0 atom stereocenters. The maximum absolute atomic E-state index is 3.51. The van der Waals surface area contributed by atoms with E-state index in [4.69, 9.17) is 0 Å². The fraction of sp³-hybridized carbons (Fsp3) is 0.647. The highest BCUT2D eigenvalue weighted by Gasteiger charge is 2.08. The van der Waals surface area contributed by atoms with Gasteiger partial charge in [-0.3, -0.25) is 0 Å². The second-order valence-corrected chi connectivity index (χ2v) is 6.85. The van der Waals surface area contributed by atoms with Crippen molar-refractivity contribution in [3.05, 3.63) is 29.8 Å². The zero-order valence-electron chi connectivity index (χ0n) is 14.0. The molecule has 0 saturated carbocycles. The van der Waals surface area contributed by atoms with Gasteiger partial charge in [-0.1, -0.05) is 12.1 Å². The Hall–Kier alpha value is -1.06. The first-order valence-corrected chi connectivity index (χ1v) is 7.48. The highest BCUT2D eigenvalue weighted by molar-refractivity contribution is 5.46. The summed E-state index contributed by atoms with van der Waals surface area (Å²) >= 11 is 0. The average molecular weight is 277 g/mol. The maximum Gasteiger partial charge on any atom is 0.0363 e. The predicted octanol–water partition coefficient (Wildman–Crippen LogP) is 2.96. The van der Waals surface area contributed by atoms with Crippen LogP contribution in [0.2, 0.25) is 0 Å². The van der Waals surface area contributed by atoms with Crippen LogP contribution in [0, 0.1) is 0 Å². The summed E-state index contributed by atoms with van der Waals surface area (Å²) in [6.45, 7) is 9.74. The first-order chi connectivity index (χ1) is 9.28. The third-order valence-electron chi connectivity index (χ3n) is 3.30. The molecule has 1 aromatic rings. The first-order valence-electron chi connectivity index (χ1n) is 7.48. The van der Waals surface area contributed by atoms with E-state index in [0.29, 0.717) is 0 Å². The van der Waals surface area contributed by atoms with E-state index in [1.165, 1.54) is 17.7 Å². The molecule has 0 fully saturated rings. The van der Waals surface area contributed by atoms with E-state index >= 15 is 0 Å². The summed E-state index contributed by atoms with van der Waals surface area (Å²) in [6.07, 6.45) is 1.19. The summed E-state index contributed by atoms with van der Waals surface area (Å²) in [7, 11) is 6.41. The van der Waals surface area contributed by atoms with Crippen molar-refractivity contribution in [2.75, 3.05) is 39.1 Å². The zero-order chi connectivity index (χ0) is 15.2. The van der Waals surface area contributed by atoms with Crippen molar-refractivity contribution >= 4 is 5.69 Å². The molecule has 0 bridgehead atoms. The Kier molecular flexibility index (Phi) is 6.50. The monoisotopic (exact) mass is 277 g/mol. The fourth-order valence-corrected chi connectivity index (χ4v) is 1.99. The molecule has 0 radical (unpaired) electrons. The van der Waals surface area contributed by atoms with Crippen molar-refractivity contribution in [3.63, 3.8) is 0 Å². The number of anilines is 1. The van der Waals surface area contributed by atoms with Crippen LogP contribution in [0.15, 0.2) is 24.3 Å². The minimum absolute atomic E-state index is 0.168. The van der Waals surface area contributed by atoms with Gasteiger partial charge in [-0.25, -0.2) is 0 Å². The molecule has 0 aliphatic heterocycles. The lowest BCUT2D eigenvalue weighted by Crippen LogP contribution is -2.35. The van der Waals surface area contributed by atoms with E-state index in [9.17, 15) is 0 Å². The lowest BCUT2D eigenvalue weighted by Gasteiger charge is -2.22. The highest BCUT2D eigenvalue weighted by atomic mass is 15.1. The Balaban J connectivity index is 2.45. The zero-order valence-corrected chi connectivity index (χ0v) is 14.0. The van der Waals surface area contributed by atoms with Gasteiger partial charge in [-0.2, -0.15) is 0 Å². The highest BCUT2D eigenvalue weighted by Crippen LogP contribution is 2.14. The van der Waals surface area contributed by atoms with E-state index in [1.54, 1.807) is 0 Å². The number of nitrogens with one attached hydrogen (secondary N) is 1. The second kappa shape index (κ2) is 7.65. The van der Waals surface area contributed by atoms with E-state index in [1.807, 2.05) is 0 Å². The van der Waals surface area contributed by atoms with Crippen LogP contribution < -0.4 is 10.2 Å². The first kappa shape index (κ1) is 17.0. The molecule has 1 aromatic carbocycles. The van der Waals surface area contributed by atoms with Gasteiger partial charge in [-0.15, -0.1) is 0 Å². The van der Waals surface area contributed by atoms with Gasteiger partial charge >= 0.3 is 0 Å². The minimum Gasteiger partial charge on any atom is -0.375 e. The molecule has 0 aliphatic carbocycles. The molecular weight excluding hydrogens is 246 g/mol. The largest absolute Gasteiger partial charge is 0.375 e. The lowest BCUT2D eigenvalue weighted by molar-refractivity contribution is 0.401. The van der Waals surface area contributed by atoms with Crippen molar-refractivity contribution in [1.29, 1.82) is 0 Å². The Labute approximate surface area is 125 Å². The Bertz CT molecular complexity index is 376. The normalized spacial score (nSPS) is 11.9. The van der Waals surface area contributed by atoms with Gasteiger partial charge in [0.1, 0.15) is 0 Å². The van der Waals surface area contributed by atoms with Crippen molar-refractivity contribution in [1.82, 2.24) is 10.2 Å². The molecule has 0 saturated heterocycles. The van der Waals surface area contributed by atoms with Crippen molar-refractivity contribution in [2.24, 2.45) is 0 Å². The van der Waals surface area contributed by atoms with Crippen molar-refractivity contribution in [3.8, 4) is 0 Å². The number of rotatable bonds is 7. The van der Waals surface area contributed by atoms with Crippen molar-refractivity contribution < 1.29 is 0 Å². The SMILES string of the molecule is CN(C)CCCN(C)c1ccc(CNC(C)(C)C)cc1. The van der Waals surface area contributed by atoms with Gasteiger partial charge in [0.05, 0.1) is 0 Å².